The molecule has 0 radical (unpaired) electrons. The lowest BCUT2D eigenvalue weighted by molar-refractivity contribution is 0.0527. The minimum absolute atomic E-state index is 0.121. The summed E-state index contributed by atoms with van der Waals surface area (Å²) < 4.78 is 34.3. The molecule has 0 unspecified atom stereocenters. The van der Waals surface area contributed by atoms with Crippen LogP contribution in [-0.2, 0) is 4.74 Å². The molecule has 1 aliphatic heterocycles. The molecule has 202 valence electrons. The molecule has 2 aromatic carbocycles. The smallest absolute Gasteiger partial charge is 0.343 e. The second kappa shape index (κ2) is 12.6. The van der Waals surface area contributed by atoms with Crippen molar-refractivity contribution >= 4 is 17.8 Å². The summed E-state index contributed by atoms with van der Waals surface area (Å²) in [6, 6.07) is 12.1. The molecule has 2 amide bonds. The van der Waals surface area contributed by atoms with Crippen LogP contribution in [0.2, 0.25) is 0 Å². The van der Waals surface area contributed by atoms with Crippen LogP contribution in [0.3, 0.4) is 0 Å². The Morgan fingerprint density at radius 3 is 2.55 bits per heavy atom. The molecule has 2 atom stereocenters. The number of esters is 1. The predicted octanol–water partition coefficient (Wildman–Crippen LogP) is 5.11. The Bertz CT molecular complexity index is 1250. The summed E-state index contributed by atoms with van der Waals surface area (Å²) in [6.45, 7) is 6.02. The van der Waals surface area contributed by atoms with Crippen molar-refractivity contribution in [1.29, 1.82) is 0 Å². The highest BCUT2D eigenvalue weighted by Crippen LogP contribution is 2.29. The van der Waals surface area contributed by atoms with Crippen LogP contribution >= 0.6 is 0 Å². The number of likely N-dealkylation sites (tertiary alicyclic amines) is 1. The van der Waals surface area contributed by atoms with Crippen LogP contribution in [0, 0.1) is 11.6 Å². The first-order valence-electron chi connectivity index (χ1n) is 13.0. The Balaban J connectivity index is 1.56. The Morgan fingerprint density at radius 1 is 1.05 bits per heavy atom. The number of carbonyl (C=O) groups excluding carboxylic acids is 2. The van der Waals surface area contributed by atoms with Gasteiger partial charge >= 0.3 is 12.0 Å². The van der Waals surface area contributed by atoms with E-state index in [1.807, 2.05) is 18.2 Å². The van der Waals surface area contributed by atoms with Crippen LogP contribution in [0.15, 0.2) is 54.7 Å². The molecular formula is C28H33F2N5O3. The van der Waals surface area contributed by atoms with Gasteiger partial charge in [-0.15, -0.1) is 0 Å². The minimum Gasteiger partial charge on any atom is -0.462 e. The van der Waals surface area contributed by atoms with Gasteiger partial charge in [-0.2, -0.15) is 5.10 Å². The number of ether oxygens (including phenoxy) is 1. The summed E-state index contributed by atoms with van der Waals surface area (Å²) in [4.78, 5) is 28.1. The van der Waals surface area contributed by atoms with Crippen molar-refractivity contribution in [3.63, 3.8) is 0 Å². The van der Waals surface area contributed by atoms with Gasteiger partial charge in [0.2, 0.25) is 0 Å². The maximum atomic E-state index is 14.1. The molecule has 1 fully saturated rings. The van der Waals surface area contributed by atoms with Crippen molar-refractivity contribution in [3.8, 4) is 5.69 Å². The molecule has 0 bridgehead atoms. The van der Waals surface area contributed by atoms with E-state index >= 15 is 0 Å². The number of aromatic nitrogens is 2. The van der Waals surface area contributed by atoms with Gasteiger partial charge in [-0.3, -0.25) is 5.32 Å². The summed E-state index contributed by atoms with van der Waals surface area (Å²) in [5.41, 5.74) is 1.39. The summed E-state index contributed by atoms with van der Waals surface area (Å²) in [6.07, 6.45) is 4.54. The van der Waals surface area contributed by atoms with Crippen molar-refractivity contribution in [2.24, 2.45) is 0 Å². The van der Waals surface area contributed by atoms with E-state index in [1.165, 1.54) is 16.9 Å². The lowest BCUT2D eigenvalue weighted by atomic mass is 9.94. The van der Waals surface area contributed by atoms with Crippen LogP contribution in [-0.4, -0.2) is 59.0 Å². The molecule has 8 nitrogen and oxygen atoms in total. The average Bonchev–Trinajstić information content (AvgIpc) is 3.50. The first kappa shape index (κ1) is 27.3. The Hall–Kier alpha value is -3.79. The third kappa shape index (κ3) is 6.36. The van der Waals surface area contributed by atoms with Gasteiger partial charge in [-0.25, -0.2) is 23.1 Å². The molecule has 0 saturated carbocycles. The number of hydrogen-bond acceptors (Lipinski definition) is 5. The first-order valence-corrected chi connectivity index (χ1v) is 13.0. The minimum atomic E-state index is -0.916. The lowest BCUT2D eigenvalue weighted by Crippen LogP contribution is -2.42. The van der Waals surface area contributed by atoms with Gasteiger partial charge in [0, 0.05) is 19.0 Å². The molecular weight excluding hydrogens is 492 g/mol. The van der Waals surface area contributed by atoms with E-state index in [0.717, 1.165) is 31.9 Å². The van der Waals surface area contributed by atoms with Gasteiger partial charge in [0.1, 0.15) is 5.56 Å². The Labute approximate surface area is 221 Å². The third-order valence-corrected chi connectivity index (χ3v) is 6.66. The Morgan fingerprint density at radius 2 is 1.84 bits per heavy atom. The number of urea groups is 1. The maximum absolute atomic E-state index is 14.1. The normalized spacial score (nSPS) is 17.4. The van der Waals surface area contributed by atoms with Crippen LogP contribution in [0.4, 0.5) is 19.4 Å². The molecule has 1 saturated heterocycles. The van der Waals surface area contributed by atoms with E-state index in [2.05, 4.69) is 27.6 Å². The molecule has 3 aromatic rings. The molecule has 4 rings (SSSR count). The van der Waals surface area contributed by atoms with E-state index < -0.39 is 23.6 Å². The van der Waals surface area contributed by atoms with Crippen molar-refractivity contribution in [2.45, 2.75) is 45.1 Å². The zero-order valence-electron chi connectivity index (χ0n) is 21.6. The summed E-state index contributed by atoms with van der Waals surface area (Å²) >= 11 is 0. The van der Waals surface area contributed by atoms with E-state index in [0.29, 0.717) is 24.3 Å². The van der Waals surface area contributed by atoms with Crippen molar-refractivity contribution < 1.29 is 23.1 Å². The van der Waals surface area contributed by atoms with Crippen LogP contribution in [0.5, 0.6) is 0 Å². The van der Waals surface area contributed by atoms with Gasteiger partial charge in [0.15, 0.2) is 17.5 Å². The number of anilines is 1. The highest BCUT2D eigenvalue weighted by Gasteiger charge is 2.35. The van der Waals surface area contributed by atoms with Gasteiger partial charge < -0.3 is 15.0 Å². The molecule has 38 heavy (non-hydrogen) atoms. The number of hydrogen-bond donors (Lipinski definition) is 2. The second-order valence-corrected chi connectivity index (χ2v) is 9.33. The van der Waals surface area contributed by atoms with Crippen LogP contribution in [0.25, 0.3) is 5.69 Å². The fourth-order valence-electron chi connectivity index (χ4n) is 4.78. The molecule has 1 aromatic heterocycles. The van der Waals surface area contributed by atoms with Crippen molar-refractivity contribution in [3.05, 3.63) is 77.5 Å². The monoisotopic (exact) mass is 525 g/mol. The first-order chi connectivity index (χ1) is 18.4. The highest BCUT2D eigenvalue weighted by molar-refractivity contribution is 6.00. The van der Waals surface area contributed by atoms with E-state index in [1.54, 1.807) is 25.1 Å². The zero-order chi connectivity index (χ0) is 27.1. The number of rotatable bonds is 10. The van der Waals surface area contributed by atoms with Gasteiger partial charge in [0.25, 0.3) is 0 Å². The van der Waals surface area contributed by atoms with E-state index in [-0.39, 0.29) is 29.9 Å². The van der Waals surface area contributed by atoms with Gasteiger partial charge in [-0.05, 0) is 49.7 Å². The summed E-state index contributed by atoms with van der Waals surface area (Å²) in [5, 5.41) is 10.1. The van der Waals surface area contributed by atoms with Gasteiger partial charge in [-0.1, -0.05) is 44.0 Å². The molecule has 1 aliphatic rings. The van der Waals surface area contributed by atoms with Gasteiger partial charge in [0.05, 0.1) is 24.5 Å². The third-order valence-electron chi connectivity index (χ3n) is 6.66. The molecule has 0 spiro atoms. The van der Waals surface area contributed by atoms with E-state index in [4.69, 9.17) is 4.74 Å². The average molecular weight is 526 g/mol. The largest absolute Gasteiger partial charge is 0.462 e. The molecule has 2 heterocycles. The number of unbranched alkanes of at least 4 members (excludes halogenated alkanes) is 2. The zero-order valence-corrected chi connectivity index (χ0v) is 21.6. The topological polar surface area (TPSA) is 88.5 Å². The van der Waals surface area contributed by atoms with Crippen LogP contribution < -0.4 is 10.6 Å². The quantitative estimate of drug-likeness (QED) is 0.284. The number of amides is 2. The number of nitrogens with zero attached hydrogens (tertiary/aromatic N) is 3. The lowest BCUT2D eigenvalue weighted by Gasteiger charge is -2.21. The predicted molar refractivity (Wildman–Crippen MR) is 141 cm³/mol. The SMILES string of the molecule is CCCCCN1C[C@@H](NC(=O)Nc2c(C(=O)OCC)cnn2-c2ccccc2)[C@H](c2ccc(F)c(F)c2)C1. The Kier molecular flexibility index (Phi) is 9.06. The number of halogens is 2. The van der Waals surface area contributed by atoms with Crippen molar-refractivity contribution in [1.82, 2.24) is 20.0 Å². The fourth-order valence-corrected chi connectivity index (χ4v) is 4.78. The fraction of sp³-hybridized carbons (Fsp3) is 0.393. The number of carbonyl (C=O) groups is 2. The van der Waals surface area contributed by atoms with E-state index in [9.17, 15) is 18.4 Å². The van der Waals surface area contributed by atoms with Crippen LogP contribution in [0.1, 0.15) is 54.9 Å². The second-order valence-electron chi connectivity index (χ2n) is 9.33. The summed E-state index contributed by atoms with van der Waals surface area (Å²) in [7, 11) is 0. The standard InChI is InChI=1S/C28H33F2N5O3/c1-3-5-9-14-34-17-22(19-12-13-23(29)24(30)15-19)25(18-34)32-28(37)33-26-21(27(36)38-4-2)16-31-35(26)20-10-7-6-8-11-20/h6-8,10-13,15-16,22,25H,3-5,9,14,17-18H2,1-2H3,(H2,32,33,37)/t22-,25+/m0/s1. The number of nitrogens with one attached hydrogen (secondary N) is 2. The molecule has 2 N–H and O–H groups in total. The number of para-hydroxylation sites is 1. The molecule has 0 aliphatic carbocycles. The maximum Gasteiger partial charge on any atom is 0.343 e. The van der Waals surface area contributed by atoms with Crippen molar-refractivity contribution in [2.75, 3.05) is 31.6 Å². The number of benzene rings is 2. The molecule has 10 heteroatoms. The highest BCUT2D eigenvalue weighted by atomic mass is 19.2. The summed E-state index contributed by atoms with van der Waals surface area (Å²) in [5.74, 6) is -2.49.